The van der Waals surface area contributed by atoms with E-state index in [4.69, 9.17) is 5.11 Å². The summed E-state index contributed by atoms with van der Waals surface area (Å²) in [5, 5.41) is 14.9. The maximum atomic E-state index is 10.8. The van der Waals surface area contributed by atoms with Gasteiger partial charge in [-0.25, -0.2) is 9.48 Å². The first-order chi connectivity index (χ1) is 8.75. The number of carboxylic acids is 1. The van der Waals surface area contributed by atoms with Crippen LogP contribution in [-0.2, 0) is 0 Å². The molecule has 3 rings (SSSR count). The van der Waals surface area contributed by atoms with Crippen molar-refractivity contribution in [3.63, 3.8) is 0 Å². The SMILES string of the molecule is O=C(O)c1ccn(-c2cccc3ccncc23)n1. The first kappa shape index (κ1) is 10.5. The van der Waals surface area contributed by atoms with Crippen LogP contribution < -0.4 is 0 Å². The molecule has 18 heavy (non-hydrogen) atoms. The molecule has 0 amide bonds. The van der Waals surface area contributed by atoms with Crippen molar-refractivity contribution in [2.45, 2.75) is 0 Å². The minimum Gasteiger partial charge on any atom is -0.476 e. The highest BCUT2D eigenvalue weighted by molar-refractivity contribution is 5.89. The highest BCUT2D eigenvalue weighted by Gasteiger charge is 2.09. The molecule has 0 fully saturated rings. The van der Waals surface area contributed by atoms with Gasteiger partial charge in [0.2, 0.25) is 0 Å². The van der Waals surface area contributed by atoms with Crippen LogP contribution in [0.5, 0.6) is 0 Å². The minimum atomic E-state index is -1.04. The topological polar surface area (TPSA) is 68.0 Å². The van der Waals surface area contributed by atoms with E-state index in [1.165, 1.54) is 6.07 Å². The van der Waals surface area contributed by atoms with E-state index in [-0.39, 0.29) is 5.69 Å². The Labute approximate surface area is 102 Å². The van der Waals surface area contributed by atoms with Crippen LogP contribution in [0.25, 0.3) is 16.5 Å². The van der Waals surface area contributed by atoms with Gasteiger partial charge in [0.15, 0.2) is 5.69 Å². The number of hydrogen-bond donors (Lipinski definition) is 1. The van der Waals surface area contributed by atoms with Gasteiger partial charge in [0.05, 0.1) is 5.69 Å². The predicted octanol–water partition coefficient (Wildman–Crippen LogP) is 2.12. The van der Waals surface area contributed by atoms with E-state index in [1.807, 2.05) is 24.3 Å². The smallest absolute Gasteiger partial charge is 0.356 e. The summed E-state index contributed by atoms with van der Waals surface area (Å²) in [4.78, 5) is 14.9. The van der Waals surface area contributed by atoms with Gasteiger partial charge in [-0.3, -0.25) is 4.98 Å². The van der Waals surface area contributed by atoms with Crippen LogP contribution in [0.2, 0.25) is 0 Å². The second-order valence-electron chi connectivity index (χ2n) is 3.82. The van der Waals surface area contributed by atoms with Crippen molar-refractivity contribution in [1.82, 2.24) is 14.8 Å². The number of pyridine rings is 1. The van der Waals surface area contributed by atoms with E-state index < -0.39 is 5.97 Å². The van der Waals surface area contributed by atoms with Crippen molar-refractivity contribution in [3.05, 3.63) is 54.6 Å². The number of aromatic nitrogens is 3. The lowest BCUT2D eigenvalue weighted by atomic mass is 10.1. The number of nitrogens with zero attached hydrogens (tertiary/aromatic N) is 3. The predicted molar refractivity (Wildman–Crippen MR) is 65.8 cm³/mol. The molecule has 0 aliphatic heterocycles. The summed E-state index contributed by atoms with van der Waals surface area (Å²) < 4.78 is 1.55. The zero-order valence-corrected chi connectivity index (χ0v) is 9.32. The quantitative estimate of drug-likeness (QED) is 0.743. The van der Waals surface area contributed by atoms with Gasteiger partial charge in [0.1, 0.15) is 0 Å². The summed E-state index contributed by atoms with van der Waals surface area (Å²) in [6.45, 7) is 0. The molecule has 0 saturated heterocycles. The van der Waals surface area contributed by atoms with Crippen LogP contribution in [0.3, 0.4) is 0 Å². The van der Waals surface area contributed by atoms with Crippen LogP contribution in [0.1, 0.15) is 10.5 Å². The summed E-state index contributed by atoms with van der Waals surface area (Å²) >= 11 is 0. The molecule has 2 aromatic heterocycles. The van der Waals surface area contributed by atoms with Gasteiger partial charge in [0.25, 0.3) is 0 Å². The molecule has 0 bridgehead atoms. The number of carbonyl (C=O) groups is 1. The van der Waals surface area contributed by atoms with Crippen molar-refractivity contribution in [2.75, 3.05) is 0 Å². The summed E-state index contributed by atoms with van der Waals surface area (Å²) in [7, 11) is 0. The number of fused-ring (bicyclic) bond motifs is 1. The molecule has 5 heteroatoms. The van der Waals surface area contributed by atoms with Crippen LogP contribution in [-0.4, -0.2) is 25.8 Å². The molecule has 88 valence electrons. The lowest BCUT2D eigenvalue weighted by Gasteiger charge is -2.05. The zero-order chi connectivity index (χ0) is 12.5. The third-order valence-corrected chi connectivity index (χ3v) is 2.72. The van der Waals surface area contributed by atoms with E-state index in [0.717, 1.165) is 16.5 Å². The maximum absolute atomic E-state index is 10.8. The van der Waals surface area contributed by atoms with Crippen LogP contribution >= 0.6 is 0 Å². The molecule has 1 aromatic carbocycles. The normalized spacial score (nSPS) is 10.7. The van der Waals surface area contributed by atoms with Crippen LogP contribution in [0, 0.1) is 0 Å². The molecule has 3 aromatic rings. The Hall–Kier alpha value is -2.69. The van der Waals surface area contributed by atoms with Crippen molar-refractivity contribution in [2.24, 2.45) is 0 Å². The third-order valence-electron chi connectivity index (χ3n) is 2.72. The van der Waals surface area contributed by atoms with E-state index in [2.05, 4.69) is 10.1 Å². The highest BCUT2D eigenvalue weighted by Crippen LogP contribution is 2.20. The average Bonchev–Trinajstić information content (AvgIpc) is 2.87. The fourth-order valence-electron chi connectivity index (χ4n) is 1.87. The fraction of sp³-hybridized carbons (Fsp3) is 0. The Kier molecular flexibility index (Phi) is 2.30. The molecule has 0 radical (unpaired) electrons. The molecule has 0 spiro atoms. The molecular weight excluding hydrogens is 230 g/mol. The van der Waals surface area contributed by atoms with Gasteiger partial charge in [-0.15, -0.1) is 0 Å². The van der Waals surface area contributed by atoms with Crippen molar-refractivity contribution in [1.29, 1.82) is 0 Å². The fourth-order valence-corrected chi connectivity index (χ4v) is 1.87. The van der Waals surface area contributed by atoms with Gasteiger partial charge in [-0.2, -0.15) is 5.10 Å². The molecule has 2 heterocycles. The molecular formula is C13H9N3O2. The standard InChI is InChI=1S/C13H9N3O2/c17-13(18)11-5-7-16(15-11)12-3-1-2-9-4-6-14-8-10(9)12/h1-8H,(H,17,18). The number of aromatic carboxylic acids is 1. The Bertz CT molecular complexity index is 728. The van der Waals surface area contributed by atoms with E-state index in [1.54, 1.807) is 23.3 Å². The van der Waals surface area contributed by atoms with Gasteiger partial charge in [0, 0.05) is 24.0 Å². The molecule has 0 atom stereocenters. The summed E-state index contributed by atoms with van der Waals surface area (Å²) in [6.07, 6.45) is 5.09. The lowest BCUT2D eigenvalue weighted by molar-refractivity contribution is 0.0690. The van der Waals surface area contributed by atoms with E-state index in [9.17, 15) is 4.79 Å². The van der Waals surface area contributed by atoms with Crippen molar-refractivity contribution >= 4 is 16.7 Å². The van der Waals surface area contributed by atoms with Crippen molar-refractivity contribution < 1.29 is 9.90 Å². The average molecular weight is 239 g/mol. The minimum absolute atomic E-state index is 0.0240. The maximum Gasteiger partial charge on any atom is 0.356 e. The number of rotatable bonds is 2. The Balaban J connectivity index is 2.21. The van der Waals surface area contributed by atoms with Gasteiger partial charge in [-0.05, 0) is 23.6 Å². The van der Waals surface area contributed by atoms with E-state index in [0.29, 0.717) is 0 Å². The first-order valence-corrected chi connectivity index (χ1v) is 5.38. The monoisotopic (exact) mass is 239 g/mol. The second kappa shape index (κ2) is 3.96. The summed E-state index contributed by atoms with van der Waals surface area (Å²) in [5.41, 5.74) is 0.837. The third kappa shape index (κ3) is 1.62. The van der Waals surface area contributed by atoms with Crippen molar-refractivity contribution in [3.8, 4) is 5.69 Å². The number of hydrogen-bond acceptors (Lipinski definition) is 3. The van der Waals surface area contributed by atoms with Crippen LogP contribution in [0.4, 0.5) is 0 Å². The molecule has 0 aliphatic carbocycles. The largest absolute Gasteiger partial charge is 0.476 e. The molecule has 1 N–H and O–H groups in total. The van der Waals surface area contributed by atoms with Crippen LogP contribution in [0.15, 0.2) is 48.9 Å². The zero-order valence-electron chi connectivity index (χ0n) is 9.32. The summed E-state index contributed by atoms with van der Waals surface area (Å²) in [5.74, 6) is -1.04. The molecule has 0 aliphatic rings. The molecule has 5 nitrogen and oxygen atoms in total. The molecule has 0 saturated carbocycles. The number of benzene rings is 1. The first-order valence-electron chi connectivity index (χ1n) is 5.38. The molecule has 0 unspecified atom stereocenters. The lowest BCUT2D eigenvalue weighted by Crippen LogP contribution is -2.01. The second-order valence-corrected chi connectivity index (χ2v) is 3.82. The van der Waals surface area contributed by atoms with Gasteiger partial charge in [-0.1, -0.05) is 12.1 Å². The Morgan fingerprint density at radius 2 is 2.11 bits per heavy atom. The van der Waals surface area contributed by atoms with Gasteiger partial charge < -0.3 is 5.11 Å². The Morgan fingerprint density at radius 3 is 2.89 bits per heavy atom. The Morgan fingerprint density at radius 1 is 1.22 bits per heavy atom. The number of carboxylic acid groups (broad SMARTS) is 1. The van der Waals surface area contributed by atoms with E-state index >= 15 is 0 Å². The van der Waals surface area contributed by atoms with Gasteiger partial charge >= 0.3 is 5.97 Å². The highest BCUT2D eigenvalue weighted by atomic mass is 16.4. The summed E-state index contributed by atoms with van der Waals surface area (Å²) in [6, 6.07) is 9.13.